The van der Waals surface area contributed by atoms with Crippen molar-refractivity contribution >= 4 is 22.7 Å². The van der Waals surface area contributed by atoms with E-state index in [9.17, 15) is 9.59 Å². The lowest BCUT2D eigenvalue weighted by atomic mass is 9.97. The molecule has 1 aliphatic heterocycles. The number of ether oxygens (including phenoxy) is 2. The molecule has 2 aromatic heterocycles. The van der Waals surface area contributed by atoms with Crippen molar-refractivity contribution in [2.75, 3.05) is 18.6 Å². The van der Waals surface area contributed by atoms with Crippen molar-refractivity contribution in [3.8, 4) is 11.5 Å². The second kappa shape index (κ2) is 10.1. The summed E-state index contributed by atoms with van der Waals surface area (Å²) < 4.78 is 17.7. The van der Waals surface area contributed by atoms with E-state index >= 15 is 0 Å². The fraction of sp³-hybridized carbons (Fsp3) is 0.300. The quantitative estimate of drug-likeness (QED) is 0.272. The fourth-order valence-corrected chi connectivity index (χ4v) is 4.80. The van der Waals surface area contributed by atoms with Crippen LogP contribution in [0.15, 0.2) is 63.9 Å². The normalized spacial score (nSPS) is 14.8. The van der Waals surface area contributed by atoms with Gasteiger partial charge in [-0.1, -0.05) is 37.5 Å². The van der Waals surface area contributed by atoms with Gasteiger partial charge in [0.1, 0.15) is 11.4 Å². The number of benzene rings is 2. The lowest BCUT2D eigenvalue weighted by Crippen LogP contribution is -2.30. The van der Waals surface area contributed by atoms with Gasteiger partial charge in [0.2, 0.25) is 5.76 Å². The zero-order chi connectivity index (χ0) is 26.1. The number of rotatable bonds is 8. The zero-order valence-electron chi connectivity index (χ0n) is 21.5. The highest BCUT2D eigenvalue weighted by molar-refractivity contribution is 6.10. The summed E-state index contributed by atoms with van der Waals surface area (Å²) in [6.07, 6.45) is 4.80. The Hall–Kier alpha value is -4.13. The van der Waals surface area contributed by atoms with Crippen LogP contribution < -0.4 is 19.8 Å². The van der Waals surface area contributed by atoms with Gasteiger partial charge < -0.3 is 13.9 Å². The third kappa shape index (κ3) is 4.46. The second-order valence-electron chi connectivity index (χ2n) is 9.41. The molecule has 7 nitrogen and oxygen atoms in total. The average molecular weight is 499 g/mol. The summed E-state index contributed by atoms with van der Waals surface area (Å²) in [5.74, 6) is 1.23. The standard InChI is InChI=1S/C30H30N2O5/c1-5-6-7-14-36-23-11-9-20(17-24(23)35-4)27-26-28(33)21-15-18(2)8-10-22(21)37-29(26)30(34)32(27)25-16-19(3)12-13-31-25/h8-13,15-17,27H,5-7,14H2,1-4H3/t27-/m0/s1. The van der Waals surface area contributed by atoms with E-state index in [1.165, 1.54) is 4.90 Å². The van der Waals surface area contributed by atoms with Crippen molar-refractivity contribution in [2.45, 2.75) is 46.1 Å². The molecule has 0 unspecified atom stereocenters. The molecule has 2 aromatic carbocycles. The van der Waals surface area contributed by atoms with Crippen LogP contribution in [-0.2, 0) is 0 Å². The summed E-state index contributed by atoms with van der Waals surface area (Å²) in [6.45, 7) is 6.58. The number of methoxy groups -OCH3 is 1. The van der Waals surface area contributed by atoms with Crippen molar-refractivity contribution in [2.24, 2.45) is 0 Å². The number of anilines is 1. The summed E-state index contributed by atoms with van der Waals surface area (Å²) >= 11 is 0. The van der Waals surface area contributed by atoms with Crippen molar-refractivity contribution in [1.82, 2.24) is 4.98 Å². The molecule has 0 fully saturated rings. The van der Waals surface area contributed by atoms with Crippen molar-refractivity contribution in [3.05, 3.63) is 93.0 Å². The third-order valence-corrected chi connectivity index (χ3v) is 6.68. The summed E-state index contributed by atoms with van der Waals surface area (Å²) in [4.78, 5) is 33.6. The molecular weight excluding hydrogens is 468 g/mol. The number of amides is 1. The lowest BCUT2D eigenvalue weighted by Gasteiger charge is -2.25. The van der Waals surface area contributed by atoms with E-state index in [1.807, 2.05) is 50.2 Å². The minimum absolute atomic E-state index is 0.0357. The maximum Gasteiger partial charge on any atom is 0.296 e. The Morgan fingerprint density at radius 3 is 2.54 bits per heavy atom. The van der Waals surface area contributed by atoms with Gasteiger partial charge >= 0.3 is 0 Å². The van der Waals surface area contributed by atoms with Crippen LogP contribution in [0, 0.1) is 13.8 Å². The average Bonchev–Trinajstić information content (AvgIpc) is 3.19. The maximum atomic E-state index is 13.9. The largest absolute Gasteiger partial charge is 0.493 e. The van der Waals surface area contributed by atoms with Crippen LogP contribution in [0.25, 0.3) is 11.0 Å². The van der Waals surface area contributed by atoms with E-state index in [4.69, 9.17) is 13.9 Å². The van der Waals surface area contributed by atoms with Gasteiger partial charge in [0, 0.05) is 6.20 Å². The van der Waals surface area contributed by atoms with Crippen LogP contribution >= 0.6 is 0 Å². The second-order valence-corrected chi connectivity index (χ2v) is 9.41. The monoisotopic (exact) mass is 498 g/mol. The van der Waals surface area contributed by atoms with Crippen LogP contribution in [0.3, 0.4) is 0 Å². The first-order valence-corrected chi connectivity index (χ1v) is 12.6. The van der Waals surface area contributed by atoms with Gasteiger partial charge in [-0.3, -0.25) is 14.5 Å². The number of hydrogen-bond acceptors (Lipinski definition) is 6. The molecule has 190 valence electrons. The van der Waals surface area contributed by atoms with Gasteiger partial charge in [-0.15, -0.1) is 0 Å². The third-order valence-electron chi connectivity index (χ3n) is 6.68. The number of pyridine rings is 1. The highest BCUT2D eigenvalue weighted by atomic mass is 16.5. The van der Waals surface area contributed by atoms with Crippen molar-refractivity contribution in [3.63, 3.8) is 0 Å². The first-order valence-electron chi connectivity index (χ1n) is 12.6. The first kappa shape index (κ1) is 24.6. The molecule has 0 saturated carbocycles. The fourth-order valence-electron chi connectivity index (χ4n) is 4.80. The molecule has 0 radical (unpaired) electrons. The van der Waals surface area contributed by atoms with E-state index in [0.717, 1.165) is 30.4 Å². The van der Waals surface area contributed by atoms with E-state index in [-0.39, 0.29) is 11.2 Å². The molecular formula is C30H30N2O5. The number of aryl methyl sites for hydroxylation is 2. The molecule has 37 heavy (non-hydrogen) atoms. The van der Waals surface area contributed by atoms with Crippen LogP contribution in [0.1, 0.15) is 65.0 Å². The van der Waals surface area contributed by atoms with E-state index < -0.39 is 11.9 Å². The summed E-state index contributed by atoms with van der Waals surface area (Å²) in [5, 5.41) is 0.443. The van der Waals surface area contributed by atoms with Gasteiger partial charge in [0.05, 0.1) is 30.7 Å². The molecule has 0 bridgehead atoms. The molecule has 0 saturated heterocycles. The van der Waals surface area contributed by atoms with Gasteiger partial charge in [-0.2, -0.15) is 0 Å². The number of hydrogen-bond donors (Lipinski definition) is 0. The Labute approximate surface area is 215 Å². The number of fused-ring (bicyclic) bond motifs is 2. The molecule has 1 amide bonds. The van der Waals surface area contributed by atoms with E-state index in [2.05, 4.69) is 11.9 Å². The number of unbranched alkanes of at least 4 members (excludes halogenated alkanes) is 2. The number of carbonyl (C=O) groups excluding carboxylic acids is 1. The SMILES string of the molecule is CCCCCOc1ccc([C@H]2c3c(oc4ccc(C)cc4c3=O)C(=O)N2c2cc(C)ccn2)cc1OC. The van der Waals surface area contributed by atoms with Crippen LogP contribution in [0.4, 0.5) is 5.82 Å². The molecule has 1 atom stereocenters. The topological polar surface area (TPSA) is 81.9 Å². The smallest absolute Gasteiger partial charge is 0.296 e. The molecule has 0 aliphatic carbocycles. The molecule has 0 N–H and O–H groups in total. The molecule has 0 spiro atoms. The molecule has 5 rings (SSSR count). The molecule has 3 heterocycles. The molecule has 7 heteroatoms. The Balaban J connectivity index is 1.68. The predicted molar refractivity (Wildman–Crippen MR) is 143 cm³/mol. The first-order chi connectivity index (χ1) is 17.9. The number of aromatic nitrogens is 1. The van der Waals surface area contributed by atoms with E-state index in [0.29, 0.717) is 46.0 Å². The molecule has 1 aliphatic rings. The Bertz CT molecular complexity index is 1540. The summed E-state index contributed by atoms with van der Waals surface area (Å²) in [7, 11) is 1.58. The van der Waals surface area contributed by atoms with Gasteiger partial charge in [0.25, 0.3) is 5.91 Å². The maximum absolute atomic E-state index is 13.9. The zero-order valence-corrected chi connectivity index (χ0v) is 21.5. The van der Waals surface area contributed by atoms with Gasteiger partial charge in [-0.05, 0) is 67.8 Å². The van der Waals surface area contributed by atoms with E-state index in [1.54, 1.807) is 25.4 Å². The number of nitrogens with zero attached hydrogens (tertiary/aromatic N) is 2. The van der Waals surface area contributed by atoms with Gasteiger partial charge in [-0.25, -0.2) is 4.98 Å². The highest BCUT2D eigenvalue weighted by Crippen LogP contribution is 2.43. The van der Waals surface area contributed by atoms with Crippen LogP contribution in [0.5, 0.6) is 11.5 Å². The Morgan fingerprint density at radius 2 is 1.78 bits per heavy atom. The van der Waals surface area contributed by atoms with Crippen molar-refractivity contribution in [1.29, 1.82) is 0 Å². The highest BCUT2D eigenvalue weighted by Gasteiger charge is 2.44. The minimum atomic E-state index is -0.735. The number of carbonyl (C=O) groups is 1. The van der Waals surface area contributed by atoms with Gasteiger partial charge in [0.15, 0.2) is 16.9 Å². The van der Waals surface area contributed by atoms with Crippen LogP contribution in [0.2, 0.25) is 0 Å². The minimum Gasteiger partial charge on any atom is -0.493 e. The predicted octanol–water partition coefficient (Wildman–Crippen LogP) is 6.13. The Kier molecular flexibility index (Phi) is 6.70. The Morgan fingerprint density at radius 1 is 0.973 bits per heavy atom. The lowest BCUT2D eigenvalue weighted by molar-refractivity contribution is 0.0970. The van der Waals surface area contributed by atoms with Crippen molar-refractivity contribution < 1.29 is 18.7 Å². The summed E-state index contributed by atoms with van der Waals surface area (Å²) in [6, 6.07) is 13.9. The van der Waals surface area contributed by atoms with Crippen LogP contribution in [-0.4, -0.2) is 24.6 Å². The molecule has 4 aromatic rings. The summed E-state index contributed by atoms with van der Waals surface area (Å²) in [5.41, 5.74) is 3.03.